The van der Waals surface area contributed by atoms with Crippen molar-refractivity contribution in [2.75, 3.05) is 13.7 Å². The quantitative estimate of drug-likeness (QED) is 0.507. The molecule has 2 N–H and O–H groups in total. The van der Waals surface area contributed by atoms with E-state index in [1.54, 1.807) is 0 Å². The highest BCUT2D eigenvalue weighted by atomic mass is 16.7. The van der Waals surface area contributed by atoms with Gasteiger partial charge in [0.2, 0.25) is 0 Å². The lowest BCUT2D eigenvalue weighted by Gasteiger charge is -2.43. The molecule has 0 bridgehead atoms. The summed E-state index contributed by atoms with van der Waals surface area (Å²) in [6.07, 6.45) is -3.78. The number of nitrogens with two attached hydrogens (primary N) is 1. The lowest BCUT2D eigenvalue weighted by Crippen LogP contribution is -2.64. The van der Waals surface area contributed by atoms with Gasteiger partial charge in [-0.25, -0.2) is 0 Å². The largest absolute Gasteiger partial charge is 0.463 e. The smallest absolute Gasteiger partial charge is 0.303 e. The monoisotopic (exact) mass is 319 g/mol. The molecule has 0 saturated carbocycles. The number of carbonyl (C=O) groups is 3. The highest BCUT2D eigenvalue weighted by molar-refractivity contribution is 5.67. The molecule has 0 unspecified atom stereocenters. The molecule has 0 amide bonds. The fourth-order valence-electron chi connectivity index (χ4n) is 2.14. The first-order valence-electron chi connectivity index (χ1n) is 6.68. The molecule has 0 spiro atoms. The Morgan fingerprint density at radius 1 is 1.00 bits per heavy atom. The third-order valence-corrected chi connectivity index (χ3v) is 2.98. The predicted molar refractivity (Wildman–Crippen MR) is 71.4 cm³/mol. The Hall–Kier alpha value is -1.71. The average molecular weight is 319 g/mol. The fourth-order valence-corrected chi connectivity index (χ4v) is 2.14. The fraction of sp³-hybridized carbons (Fsp3) is 0.769. The number of methoxy groups -OCH3 is 1. The van der Waals surface area contributed by atoms with Crippen molar-refractivity contribution in [2.24, 2.45) is 5.73 Å². The van der Waals surface area contributed by atoms with Gasteiger partial charge in [-0.1, -0.05) is 0 Å². The molecular weight excluding hydrogens is 298 g/mol. The van der Waals surface area contributed by atoms with E-state index >= 15 is 0 Å². The van der Waals surface area contributed by atoms with E-state index in [2.05, 4.69) is 0 Å². The SMILES string of the molecule is CO[C@@H]1O[C@H](COC(C)=O)[C@@H](OC(C)=O)[C@H](OC(C)=O)[C@H]1N. The van der Waals surface area contributed by atoms with Crippen LogP contribution in [0.1, 0.15) is 20.8 Å². The summed E-state index contributed by atoms with van der Waals surface area (Å²) in [5.41, 5.74) is 5.94. The Balaban J connectivity index is 3.00. The maximum atomic E-state index is 11.3. The molecule has 0 aliphatic carbocycles. The van der Waals surface area contributed by atoms with Gasteiger partial charge in [-0.2, -0.15) is 0 Å². The Morgan fingerprint density at radius 2 is 1.55 bits per heavy atom. The van der Waals surface area contributed by atoms with E-state index in [1.165, 1.54) is 27.9 Å². The molecule has 9 nitrogen and oxygen atoms in total. The zero-order valence-electron chi connectivity index (χ0n) is 12.9. The van der Waals surface area contributed by atoms with Crippen LogP contribution >= 0.6 is 0 Å². The summed E-state index contributed by atoms with van der Waals surface area (Å²) in [6.45, 7) is 3.43. The molecule has 1 fully saturated rings. The van der Waals surface area contributed by atoms with Crippen LogP contribution < -0.4 is 5.73 Å². The molecule has 126 valence electrons. The lowest BCUT2D eigenvalue weighted by molar-refractivity contribution is -0.267. The average Bonchev–Trinajstić information content (AvgIpc) is 2.41. The molecule has 9 heteroatoms. The van der Waals surface area contributed by atoms with Crippen molar-refractivity contribution >= 4 is 17.9 Å². The second-order valence-corrected chi connectivity index (χ2v) is 4.81. The molecule has 0 radical (unpaired) electrons. The minimum absolute atomic E-state index is 0.197. The topological polar surface area (TPSA) is 123 Å². The van der Waals surface area contributed by atoms with Crippen LogP contribution in [0.2, 0.25) is 0 Å². The van der Waals surface area contributed by atoms with Gasteiger partial charge in [-0.15, -0.1) is 0 Å². The van der Waals surface area contributed by atoms with Crippen LogP contribution in [0.4, 0.5) is 0 Å². The number of carbonyl (C=O) groups excluding carboxylic acids is 3. The zero-order valence-corrected chi connectivity index (χ0v) is 12.9. The summed E-state index contributed by atoms with van der Waals surface area (Å²) in [7, 11) is 1.37. The first-order chi connectivity index (χ1) is 10.3. The number of esters is 3. The van der Waals surface area contributed by atoms with E-state index in [1.807, 2.05) is 0 Å². The Labute approximate surface area is 128 Å². The molecular formula is C13H21NO8. The van der Waals surface area contributed by atoms with Gasteiger partial charge >= 0.3 is 17.9 Å². The summed E-state index contributed by atoms with van der Waals surface area (Å²) in [5, 5.41) is 0. The summed E-state index contributed by atoms with van der Waals surface area (Å²) in [4.78, 5) is 33.5. The third-order valence-electron chi connectivity index (χ3n) is 2.98. The van der Waals surface area contributed by atoms with Gasteiger partial charge in [0.15, 0.2) is 18.5 Å². The standard InChI is InChI=1S/C13H21NO8/c1-6(15)19-5-9-11(20-7(2)16)12(21-8(3)17)10(14)13(18-4)22-9/h9-13H,5,14H2,1-4H3/t9-,10-,11-,12-,13-/m1/s1. The summed E-state index contributed by atoms with van der Waals surface area (Å²) in [5.74, 6) is -1.74. The molecule has 0 aromatic heterocycles. The molecule has 1 heterocycles. The first kappa shape index (κ1) is 18.3. The minimum atomic E-state index is -1.01. The van der Waals surface area contributed by atoms with Crippen molar-refractivity contribution < 1.29 is 38.1 Å². The van der Waals surface area contributed by atoms with Crippen LogP contribution in [0.25, 0.3) is 0 Å². The molecule has 1 aliphatic rings. The van der Waals surface area contributed by atoms with Crippen molar-refractivity contribution in [3.63, 3.8) is 0 Å². The van der Waals surface area contributed by atoms with Crippen LogP contribution in [0.3, 0.4) is 0 Å². The van der Waals surface area contributed by atoms with Crippen LogP contribution in [-0.2, 0) is 38.1 Å². The van der Waals surface area contributed by atoms with Gasteiger partial charge in [0.1, 0.15) is 12.7 Å². The van der Waals surface area contributed by atoms with Gasteiger partial charge in [0, 0.05) is 27.9 Å². The minimum Gasteiger partial charge on any atom is -0.463 e. The van der Waals surface area contributed by atoms with Gasteiger partial charge in [-0.05, 0) is 0 Å². The molecule has 22 heavy (non-hydrogen) atoms. The van der Waals surface area contributed by atoms with E-state index in [-0.39, 0.29) is 6.61 Å². The maximum absolute atomic E-state index is 11.3. The van der Waals surface area contributed by atoms with E-state index in [0.29, 0.717) is 0 Å². The number of hydrogen-bond donors (Lipinski definition) is 1. The maximum Gasteiger partial charge on any atom is 0.303 e. The number of hydrogen-bond acceptors (Lipinski definition) is 9. The van der Waals surface area contributed by atoms with Gasteiger partial charge in [-0.3, -0.25) is 14.4 Å². The van der Waals surface area contributed by atoms with Gasteiger partial charge < -0.3 is 29.4 Å². The molecule has 1 rings (SSSR count). The van der Waals surface area contributed by atoms with Gasteiger partial charge in [0.05, 0.1) is 6.04 Å². The van der Waals surface area contributed by atoms with Crippen molar-refractivity contribution in [3.05, 3.63) is 0 Å². The summed E-state index contributed by atoms with van der Waals surface area (Å²) < 4.78 is 25.8. The van der Waals surface area contributed by atoms with Crippen LogP contribution in [0, 0.1) is 0 Å². The number of rotatable bonds is 5. The molecule has 1 aliphatic heterocycles. The Bertz CT molecular complexity index is 426. The lowest BCUT2D eigenvalue weighted by atomic mass is 9.97. The van der Waals surface area contributed by atoms with Crippen molar-refractivity contribution in [1.29, 1.82) is 0 Å². The molecule has 0 aromatic carbocycles. The van der Waals surface area contributed by atoms with Crippen molar-refractivity contribution in [3.8, 4) is 0 Å². The van der Waals surface area contributed by atoms with E-state index < -0.39 is 48.6 Å². The van der Waals surface area contributed by atoms with Crippen LogP contribution in [0.5, 0.6) is 0 Å². The van der Waals surface area contributed by atoms with Crippen molar-refractivity contribution in [2.45, 2.75) is 51.4 Å². The highest BCUT2D eigenvalue weighted by Gasteiger charge is 2.49. The molecule has 5 atom stereocenters. The second kappa shape index (κ2) is 8.06. The summed E-state index contributed by atoms with van der Waals surface area (Å²) >= 11 is 0. The van der Waals surface area contributed by atoms with E-state index in [9.17, 15) is 14.4 Å². The van der Waals surface area contributed by atoms with Gasteiger partial charge in [0.25, 0.3) is 0 Å². The van der Waals surface area contributed by atoms with E-state index in [4.69, 9.17) is 29.4 Å². The molecule has 0 aromatic rings. The Morgan fingerprint density at radius 3 is 2.00 bits per heavy atom. The van der Waals surface area contributed by atoms with Crippen LogP contribution in [0.15, 0.2) is 0 Å². The highest BCUT2D eigenvalue weighted by Crippen LogP contribution is 2.26. The second-order valence-electron chi connectivity index (χ2n) is 4.81. The Kier molecular flexibility index (Phi) is 6.72. The molecule has 1 saturated heterocycles. The zero-order chi connectivity index (χ0) is 16.9. The first-order valence-corrected chi connectivity index (χ1v) is 6.68. The van der Waals surface area contributed by atoms with Crippen LogP contribution in [-0.4, -0.2) is 62.3 Å². The number of ether oxygens (including phenoxy) is 5. The van der Waals surface area contributed by atoms with E-state index in [0.717, 1.165) is 0 Å². The van der Waals surface area contributed by atoms with Crippen molar-refractivity contribution in [1.82, 2.24) is 0 Å². The normalized spacial score (nSPS) is 31.2. The predicted octanol–water partition coefficient (Wildman–Crippen LogP) is -0.888. The summed E-state index contributed by atoms with van der Waals surface area (Å²) in [6, 6.07) is -0.869. The third kappa shape index (κ3) is 4.93.